The lowest BCUT2D eigenvalue weighted by Gasteiger charge is -2.19. The molecule has 86 valence electrons. The quantitative estimate of drug-likeness (QED) is 0.552. The fraction of sp³-hybridized carbons (Fsp3) is 0.250. The van der Waals surface area contributed by atoms with Gasteiger partial charge in [0.1, 0.15) is 5.52 Å². The van der Waals surface area contributed by atoms with Gasteiger partial charge in [0, 0.05) is 5.92 Å². The van der Waals surface area contributed by atoms with Gasteiger partial charge in [0.25, 0.3) is 0 Å². The third-order valence-electron chi connectivity index (χ3n) is 2.88. The number of fused-ring (bicyclic) bond motifs is 1. The number of benzene rings is 1. The minimum atomic E-state index is -0.469. The van der Waals surface area contributed by atoms with Crippen molar-refractivity contribution < 1.29 is 18.7 Å². The number of rotatable bonds is 1. The Kier molecular flexibility index (Phi) is 2.18. The molecule has 0 bridgehead atoms. The molecule has 3 rings (SSSR count). The molecule has 1 aliphatic heterocycles. The molecule has 0 radical (unpaired) electrons. The van der Waals surface area contributed by atoms with Gasteiger partial charge in [-0.25, -0.2) is 4.98 Å². The third-order valence-corrected chi connectivity index (χ3v) is 2.88. The molecule has 17 heavy (non-hydrogen) atoms. The molecule has 2 aromatic rings. The molecule has 0 atom stereocenters. The van der Waals surface area contributed by atoms with Gasteiger partial charge in [-0.3, -0.25) is 9.59 Å². The molecular formula is C12H9NO4. The second kappa shape index (κ2) is 3.69. The molecule has 0 amide bonds. The van der Waals surface area contributed by atoms with E-state index in [-0.39, 0.29) is 18.8 Å². The highest BCUT2D eigenvalue weighted by Crippen LogP contribution is 2.30. The van der Waals surface area contributed by atoms with E-state index in [1.165, 1.54) is 6.39 Å². The van der Waals surface area contributed by atoms with E-state index in [1.54, 1.807) is 0 Å². The fourth-order valence-electron chi connectivity index (χ4n) is 2.05. The van der Waals surface area contributed by atoms with E-state index in [0.717, 1.165) is 11.1 Å². The first-order valence-electron chi connectivity index (χ1n) is 5.29. The van der Waals surface area contributed by atoms with Crippen molar-refractivity contribution >= 4 is 23.0 Å². The molecular weight excluding hydrogens is 222 g/mol. The molecule has 0 unspecified atom stereocenters. The van der Waals surface area contributed by atoms with Crippen LogP contribution in [0.2, 0.25) is 0 Å². The Balaban J connectivity index is 1.96. The van der Waals surface area contributed by atoms with Crippen molar-refractivity contribution in [3.63, 3.8) is 0 Å². The number of esters is 2. The lowest BCUT2D eigenvalue weighted by Crippen LogP contribution is -2.24. The van der Waals surface area contributed by atoms with Crippen LogP contribution in [0.4, 0.5) is 0 Å². The minimum absolute atomic E-state index is 0.127. The summed E-state index contributed by atoms with van der Waals surface area (Å²) < 4.78 is 9.69. The van der Waals surface area contributed by atoms with Crippen LogP contribution in [0.1, 0.15) is 24.3 Å². The molecule has 1 aromatic carbocycles. The zero-order chi connectivity index (χ0) is 11.8. The monoisotopic (exact) mass is 231 g/mol. The summed E-state index contributed by atoms with van der Waals surface area (Å²) in [5, 5.41) is 0. The third kappa shape index (κ3) is 1.80. The van der Waals surface area contributed by atoms with Gasteiger partial charge < -0.3 is 9.15 Å². The second-order valence-electron chi connectivity index (χ2n) is 4.03. The van der Waals surface area contributed by atoms with Crippen molar-refractivity contribution in [1.29, 1.82) is 0 Å². The average Bonchev–Trinajstić information content (AvgIpc) is 2.74. The van der Waals surface area contributed by atoms with Gasteiger partial charge in [-0.2, -0.15) is 0 Å². The molecule has 1 aliphatic rings. The van der Waals surface area contributed by atoms with Gasteiger partial charge in [0.15, 0.2) is 12.0 Å². The molecule has 1 fully saturated rings. The summed E-state index contributed by atoms with van der Waals surface area (Å²) in [7, 11) is 0. The van der Waals surface area contributed by atoms with Gasteiger partial charge in [0.2, 0.25) is 0 Å². The van der Waals surface area contributed by atoms with Gasteiger partial charge in [-0.15, -0.1) is 0 Å². The van der Waals surface area contributed by atoms with E-state index in [9.17, 15) is 9.59 Å². The average molecular weight is 231 g/mol. The van der Waals surface area contributed by atoms with E-state index in [4.69, 9.17) is 4.42 Å². The van der Waals surface area contributed by atoms with E-state index in [2.05, 4.69) is 9.72 Å². The molecule has 5 heteroatoms. The van der Waals surface area contributed by atoms with Crippen LogP contribution in [0.15, 0.2) is 29.0 Å². The van der Waals surface area contributed by atoms with Crippen molar-refractivity contribution in [2.45, 2.75) is 18.8 Å². The van der Waals surface area contributed by atoms with Crippen LogP contribution < -0.4 is 0 Å². The molecule has 0 saturated carbocycles. The highest BCUT2D eigenvalue weighted by atomic mass is 16.6. The maximum atomic E-state index is 11.2. The van der Waals surface area contributed by atoms with E-state index in [0.29, 0.717) is 5.58 Å². The van der Waals surface area contributed by atoms with E-state index >= 15 is 0 Å². The summed E-state index contributed by atoms with van der Waals surface area (Å²) in [6, 6.07) is 5.50. The van der Waals surface area contributed by atoms with Crippen LogP contribution in [0, 0.1) is 0 Å². The molecule has 1 saturated heterocycles. The second-order valence-corrected chi connectivity index (χ2v) is 4.03. The molecule has 0 aliphatic carbocycles. The number of oxazole rings is 1. The first-order chi connectivity index (χ1) is 8.22. The molecule has 2 heterocycles. The number of carbonyl (C=O) groups excluding carboxylic acids is 2. The lowest BCUT2D eigenvalue weighted by atomic mass is 9.91. The Hall–Kier alpha value is -2.17. The summed E-state index contributed by atoms with van der Waals surface area (Å²) in [6.45, 7) is 0. The number of carbonyl (C=O) groups is 2. The normalized spacial score (nSPS) is 17.4. The molecule has 0 spiro atoms. The summed E-state index contributed by atoms with van der Waals surface area (Å²) in [5.41, 5.74) is 2.33. The van der Waals surface area contributed by atoms with Crippen LogP contribution in [-0.4, -0.2) is 16.9 Å². The van der Waals surface area contributed by atoms with Crippen molar-refractivity contribution in [2.75, 3.05) is 0 Å². The number of ether oxygens (including phenoxy) is 1. The first kappa shape index (κ1) is 10.0. The largest absolute Gasteiger partial charge is 0.443 e. The van der Waals surface area contributed by atoms with Crippen LogP contribution in [-0.2, 0) is 14.3 Å². The van der Waals surface area contributed by atoms with Crippen LogP contribution in [0.25, 0.3) is 11.1 Å². The summed E-state index contributed by atoms with van der Waals surface area (Å²) in [6.07, 6.45) is 1.82. The zero-order valence-corrected chi connectivity index (χ0v) is 8.88. The number of aromatic nitrogens is 1. The first-order valence-corrected chi connectivity index (χ1v) is 5.29. The number of cyclic esters (lactones) is 2. The maximum Gasteiger partial charge on any atom is 0.314 e. The number of hydrogen-bond acceptors (Lipinski definition) is 5. The lowest BCUT2D eigenvalue weighted by molar-refractivity contribution is -0.163. The van der Waals surface area contributed by atoms with Gasteiger partial charge in [-0.1, -0.05) is 6.07 Å². The van der Waals surface area contributed by atoms with Gasteiger partial charge in [-0.05, 0) is 17.7 Å². The number of nitrogens with zero attached hydrogens (tertiary/aromatic N) is 1. The Morgan fingerprint density at radius 3 is 2.71 bits per heavy atom. The summed E-state index contributed by atoms with van der Waals surface area (Å²) in [4.78, 5) is 26.4. The standard InChI is InChI=1S/C12H9NO4/c14-11-4-8(5-12(15)17-11)7-1-2-9-10(3-7)16-6-13-9/h1-3,6,8H,4-5H2. The topological polar surface area (TPSA) is 69.4 Å². The molecule has 0 N–H and O–H groups in total. The van der Waals surface area contributed by atoms with Crippen molar-refractivity contribution in [3.8, 4) is 0 Å². The zero-order valence-electron chi connectivity index (χ0n) is 8.88. The van der Waals surface area contributed by atoms with Crippen molar-refractivity contribution in [3.05, 3.63) is 30.2 Å². The summed E-state index contributed by atoms with van der Waals surface area (Å²) >= 11 is 0. The van der Waals surface area contributed by atoms with Crippen LogP contribution in [0.5, 0.6) is 0 Å². The smallest absolute Gasteiger partial charge is 0.314 e. The van der Waals surface area contributed by atoms with Crippen LogP contribution >= 0.6 is 0 Å². The summed E-state index contributed by atoms with van der Waals surface area (Å²) in [5.74, 6) is -1.06. The molecule has 5 nitrogen and oxygen atoms in total. The fourth-order valence-corrected chi connectivity index (χ4v) is 2.05. The van der Waals surface area contributed by atoms with Gasteiger partial charge >= 0.3 is 11.9 Å². The highest BCUT2D eigenvalue weighted by molar-refractivity contribution is 5.89. The van der Waals surface area contributed by atoms with Crippen molar-refractivity contribution in [1.82, 2.24) is 4.98 Å². The Morgan fingerprint density at radius 1 is 1.18 bits per heavy atom. The SMILES string of the molecule is O=C1CC(c2ccc3ncoc3c2)CC(=O)O1. The van der Waals surface area contributed by atoms with Crippen molar-refractivity contribution in [2.24, 2.45) is 0 Å². The Labute approximate surface area is 96.4 Å². The Bertz CT molecular complexity index is 585. The number of hydrogen-bond donors (Lipinski definition) is 0. The minimum Gasteiger partial charge on any atom is -0.443 e. The van der Waals surface area contributed by atoms with Gasteiger partial charge in [0.05, 0.1) is 12.8 Å². The predicted molar refractivity (Wildman–Crippen MR) is 57.1 cm³/mol. The van der Waals surface area contributed by atoms with E-state index in [1.807, 2.05) is 18.2 Å². The predicted octanol–water partition coefficient (Wildman–Crippen LogP) is 1.77. The maximum absolute atomic E-state index is 11.2. The van der Waals surface area contributed by atoms with Crippen LogP contribution in [0.3, 0.4) is 0 Å². The Morgan fingerprint density at radius 2 is 1.94 bits per heavy atom. The van der Waals surface area contributed by atoms with E-state index < -0.39 is 11.9 Å². The highest BCUT2D eigenvalue weighted by Gasteiger charge is 2.28. The molecule has 1 aromatic heterocycles.